The SMILES string of the molecule is COc1ccc([C@@H](CNC(=O)c2ccc(-n3c(C)ccc3C)cc2)N(C)C)cc1. The van der Waals surface area contributed by atoms with Gasteiger partial charge >= 0.3 is 0 Å². The van der Waals surface area contributed by atoms with Crippen molar-refractivity contribution in [2.75, 3.05) is 27.7 Å². The number of hydrogen-bond donors (Lipinski definition) is 1. The van der Waals surface area contributed by atoms with Crippen molar-refractivity contribution in [2.24, 2.45) is 0 Å². The Balaban J connectivity index is 1.68. The van der Waals surface area contributed by atoms with Gasteiger partial charge in [-0.2, -0.15) is 0 Å². The molecule has 0 spiro atoms. The molecule has 0 saturated carbocycles. The van der Waals surface area contributed by atoms with Crippen molar-refractivity contribution >= 4 is 5.91 Å². The standard InChI is InChI=1S/C24H29N3O2/c1-17-6-7-18(2)27(17)21-12-8-20(9-13-21)24(28)25-16-23(26(3)4)19-10-14-22(29-5)15-11-19/h6-15,23H,16H2,1-5H3,(H,25,28)/t23-/m1/s1. The van der Waals surface area contributed by atoms with E-state index >= 15 is 0 Å². The molecule has 0 bridgehead atoms. The summed E-state index contributed by atoms with van der Waals surface area (Å²) in [4.78, 5) is 14.8. The molecule has 5 nitrogen and oxygen atoms in total. The molecule has 0 aliphatic rings. The van der Waals surface area contributed by atoms with Crippen LogP contribution in [0, 0.1) is 13.8 Å². The molecule has 152 valence electrons. The maximum Gasteiger partial charge on any atom is 0.251 e. The van der Waals surface area contributed by atoms with Gasteiger partial charge in [-0.15, -0.1) is 0 Å². The molecule has 3 aromatic rings. The van der Waals surface area contributed by atoms with Crippen molar-refractivity contribution in [3.8, 4) is 11.4 Å². The molecule has 2 aromatic carbocycles. The van der Waals surface area contributed by atoms with Gasteiger partial charge in [0.2, 0.25) is 0 Å². The number of amides is 1. The Morgan fingerprint density at radius 3 is 2.07 bits per heavy atom. The van der Waals surface area contributed by atoms with Crippen molar-refractivity contribution in [2.45, 2.75) is 19.9 Å². The van der Waals surface area contributed by atoms with Gasteiger partial charge < -0.3 is 19.5 Å². The smallest absolute Gasteiger partial charge is 0.251 e. The number of nitrogens with one attached hydrogen (secondary N) is 1. The Hall–Kier alpha value is -3.05. The second kappa shape index (κ2) is 8.97. The van der Waals surface area contributed by atoms with Crippen LogP contribution in [0.1, 0.15) is 33.4 Å². The molecular weight excluding hydrogens is 362 g/mol. The van der Waals surface area contributed by atoms with E-state index in [9.17, 15) is 4.79 Å². The van der Waals surface area contributed by atoms with E-state index in [-0.39, 0.29) is 11.9 Å². The predicted octanol–water partition coefficient (Wildman–Crippen LogP) is 4.14. The van der Waals surface area contributed by atoms with Crippen LogP contribution in [-0.4, -0.2) is 43.1 Å². The number of nitrogens with zero attached hydrogens (tertiary/aromatic N) is 2. The minimum absolute atomic E-state index is 0.0714. The predicted molar refractivity (Wildman–Crippen MR) is 117 cm³/mol. The Morgan fingerprint density at radius 1 is 0.966 bits per heavy atom. The minimum atomic E-state index is -0.0714. The molecule has 1 heterocycles. The van der Waals surface area contributed by atoms with Crippen LogP contribution in [0.2, 0.25) is 0 Å². The number of ether oxygens (including phenoxy) is 1. The lowest BCUT2D eigenvalue weighted by Gasteiger charge is -2.25. The topological polar surface area (TPSA) is 46.5 Å². The number of likely N-dealkylation sites (N-methyl/N-ethyl adjacent to an activating group) is 1. The summed E-state index contributed by atoms with van der Waals surface area (Å²) in [5.74, 6) is 0.751. The fourth-order valence-electron chi connectivity index (χ4n) is 3.55. The zero-order valence-corrected chi connectivity index (χ0v) is 17.8. The highest BCUT2D eigenvalue weighted by Gasteiger charge is 2.16. The summed E-state index contributed by atoms with van der Waals surface area (Å²) in [6.07, 6.45) is 0. The van der Waals surface area contributed by atoms with Crippen molar-refractivity contribution < 1.29 is 9.53 Å². The molecule has 1 aromatic heterocycles. The number of aromatic nitrogens is 1. The molecular formula is C24H29N3O2. The normalized spacial score (nSPS) is 12.1. The second-order valence-electron chi connectivity index (χ2n) is 7.46. The van der Waals surface area contributed by atoms with Gasteiger partial charge in [0.15, 0.2) is 0 Å². The maximum atomic E-state index is 12.7. The van der Waals surface area contributed by atoms with E-state index in [1.54, 1.807) is 7.11 Å². The number of carbonyl (C=O) groups excluding carboxylic acids is 1. The van der Waals surface area contributed by atoms with Crippen LogP contribution in [0.5, 0.6) is 5.75 Å². The summed E-state index contributed by atoms with van der Waals surface area (Å²) < 4.78 is 7.41. The van der Waals surface area contributed by atoms with Crippen LogP contribution in [-0.2, 0) is 0 Å². The Kier molecular flexibility index (Phi) is 6.39. The van der Waals surface area contributed by atoms with E-state index in [1.165, 1.54) is 11.4 Å². The third-order valence-corrected chi connectivity index (χ3v) is 5.24. The first kappa shape index (κ1) is 20.7. The summed E-state index contributed by atoms with van der Waals surface area (Å²) in [5, 5.41) is 3.07. The van der Waals surface area contributed by atoms with E-state index in [2.05, 4.69) is 40.8 Å². The second-order valence-corrected chi connectivity index (χ2v) is 7.46. The quantitative estimate of drug-likeness (QED) is 0.659. The van der Waals surface area contributed by atoms with Crippen molar-refractivity contribution in [3.63, 3.8) is 0 Å². The highest BCUT2D eigenvalue weighted by atomic mass is 16.5. The first-order valence-electron chi connectivity index (χ1n) is 9.74. The van der Waals surface area contributed by atoms with Crippen molar-refractivity contribution in [3.05, 3.63) is 83.2 Å². The van der Waals surface area contributed by atoms with Crippen LogP contribution in [0.15, 0.2) is 60.7 Å². The Labute approximate surface area is 172 Å². The number of benzene rings is 2. The van der Waals surface area contributed by atoms with E-state index in [4.69, 9.17) is 4.74 Å². The Morgan fingerprint density at radius 2 is 1.55 bits per heavy atom. The number of carbonyl (C=O) groups is 1. The van der Waals surface area contributed by atoms with Gasteiger partial charge in [-0.3, -0.25) is 4.79 Å². The first-order valence-corrected chi connectivity index (χ1v) is 9.74. The fourth-order valence-corrected chi connectivity index (χ4v) is 3.55. The molecule has 1 atom stereocenters. The van der Waals surface area contributed by atoms with Gasteiger partial charge in [0.25, 0.3) is 5.91 Å². The highest BCUT2D eigenvalue weighted by molar-refractivity contribution is 5.94. The average molecular weight is 392 g/mol. The van der Waals surface area contributed by atoms with Gasteiger partial charge in [-0.1, -0.05) is 12.1 Å². The summed E-state index contributed by atoms with van der Waals surface area (Å²) in [6.45, 7) is 4.68. The van der Waals surface area contributed by atoms with E-state index in [0.29, 0.717) is 12.1 Å². The third-order valence-electron chi connectivity index (χ3n) is 5.24. The molecule has 3 rings (SSSR count). The highest BCUT2D eigenvalue weighted by Crippen LogP contribution is 2.21. The molecule has 0 saturated heterocycles. The molecule has 0 aliphatic carbocycles. The number of aryl methyl sites for hydroxylation is 2. The number of rotatable bonds is 7. The monoisotopic (exact) mass is 391 g/mol. The number of methoxy groups -OCH3 is 1. The van der Waals surface area contributed by atoms with Gasteiger partial charge in [0, 0.05) is 29.2 Å². The molecule has 1 N–H and O–H groups in total. The van der Waals surface area contributed by atoms with Gasteiger partial charge in [0.05, 0.1) is 13.2 Å². The molecule has 29 heavy (non-hydrogen) atoms. The van der Waals surface area contributed by atoms with Crippen molar-refractivity contribution in [1.82, 2.24) is 14.8 Å². The zero-order chi connectivity index (χ0) is 21.0. The van der Waals surface area contributed by atoms with Crippen LogP contribution in [0.4, 0.5) is 0 Å². The molecule has 5 heteroatoms. The minimum Gasteiger partial charge on any atom is -0.497 e. The van der Waals surface area contributed by atoms with Crippen molar-refractivity contribution in [1.29, 1.82) is 0 Å². The molecule has 0 fully saturated rings. The van der Waals surface area contributed by atoms with Gasteiger partial charge in [-0.05, 0) is 82.0 Å². The summed E-state index contributed by atoms with van der Waals surface area (Å²) in [7, 11) is 5.68. The maximum absolute atomic E-state index is 12.7. The number of hydrogen-bond acceptors (Lipinski definition) is 3. The van der Waals surface area contributed by atoms with E-state index in [0.717, 1.165) is 17.0 Å². The van der Waals surface area contributed by atoms with Gasteiger partial charge in [-0.25, -0.2) is 0 Å². The van der Waals surface area contributed by atoms with Crippen LogP contribution in [0.25, 0.3) is 5.69 Å². The molecule has 1 amide bonds. The van der Waals surface area contributed by atoms with Crippen LogP contribution >= 0.6 is 0 Å². The lowest BCUT2D eigenvalue weighted by atomic mass is 10.1. The lowest BCUT2D eigenvalue weighted by Crippen LogP contribution is -2.34. The largest absolute Gasteiger partial charge is 0.497 e. The molecule has 0 radical (unpaired) electrons. The first-order chi connectivity index (χ1) is 13.9. The Bertz CT molecular complexity index is 937. The van der Waals surface area contributed by atoms with E-state index in [1.807, 2.05) is 62.6 Å². The van der Waals surface area contributed by atoms with Gasteiger partial charge in [0.1, 0.15) is 5.75 Å². The average Bonchev–Trinajstić information content (AvgIpc) is 3.06. The zero-order valence-electron chi connectivity index (χ0n) is 17.8. The summed E-state index contributed by atoms with van der Waals surface area (Å²) in [5.41, 5.74) is 5.19. The molecule has 0 unspecified atom stereocenters. The third kappa shape index (κ3) is 4.69. The van der Waals surface area contributed by atoms with E-state index < -0.39 is 0 Å². The summed E-state index contributed by atoms with van der Waals surface area (Å²) in [6, 6.07) is 19.9. The van der Waals surface area contributed by atoms with Crippen LogP contribution in [0.3, 0.4) is 0 Å². The summed E-state index contributed by atoms with van der Waals surface area (Å²) >= 11 is 0. The lowest BCUT2D eigenvalue weighted by molar-refractivity contribution is 0.0942. The fraction of sp³-hybridized carbons (Fsp3) is 0.292. The molecule has 0 aliphatic heterocycles. The van der Waals surface area contributed by atoms with Crippen LogP contribution < -0.4 is 10.1 Å².